The number of rotatable bonds is 4. The molecule has 1 aliphatic carbocycles. The second kappa shape index (κ2) is 4.51. The molecule has 3 N–H and O–H groups in total. The summed E-state index contributed by atoms with van der Waals surface area (Å²) in [7, 11) is 0. The van der Waals surface area contributed by atoms with Crippen LogP contribution in [0.2, 0.25) is 0 Å². The third kappa shape index (κ3) is 2.72. The number of benzene rings is 1. The average molecular weight is 222 g/mol. The van der Waals surface area contributed by atoms with Crippen molar-refractivity contribution in [2.24, 2.45) is 5.92 Å². The third-order valence-electron chi connectivity index (χ3n) is 2.77. The van der Waals surface area contributed by atoms with E-state index in [2.05, 4.69) is 5.32 Å². The van der Waals surface area contributed by atoms with E-state index >= 15 is 0 Å². The van der Waals surface area contributed by atoms with E-state index in [4.69, 9.17) is 5.73 Å². The van der Waals surface area contributed by atoms with Crippen LogP contribution in [-0.4, -0.2) is 12.5 Å². The van der Waals surface area contributed by atoms with Crippen molar-refractivity contribution in [3.8, 4) is 0 Å². The van der Waals surface area contributed by atoms with Gasteiger partial charge in [0.05, 0.1) is 5.56 Å². The normalized spacial score (nSPS) is 14.8. The predicted octanol–water partition coefficient (Wildman–Crippen LogP) is 1.94. The van der Waals surface area contributed by atoms with Gasteiger partial charge in [-0.05, 0) is 30.5 Å². The Labute approximate surface area is 93.8 Å². The molecule has 0 aromatic heterocycles. The van der Waals surface area contributed by atoms with Gasteiger partial charge in [0.1, 0.15) is 5.82 Å². The fourth-order valence-electron chi connectivity index (χ4n) is 1.61. The van der Waals surface area contributed by atoms with Crippen LogP contribution >= 0.6 is 0 Å². The van der Waals surface area contributed by atoms with Crippen LogP contribution < -0.4 is 11.1 Å². The number of nitrogens with one attached hydrogen (secondary N) is 1. The maximum atomic E-state index is 13.4. The first-order valence-electron chi connectivity index (χ1n) is 5.50. The van der Waals surface area contributed by atoms with Crippen molar-refractivity contribution in [1.82, 2.24) is 5.32 Å². The molecule has 1 aromatic rings. The highest BCUT2D eigenvalue weighted by atomic mass is 19.1. The van der Waals surface area contributed by atoms with Gasteiger partial charge in [0.25, 0.3) is 5.91 Å². The molecule has 4 heteroatoms. The molecule has 0 radical (unpaired) electrons. The second-order valence-corrected chi connectivity index (χ2v) is 4.23. The standard InChI is InChI=1S/C12H15FN2O/c13-11-7-9(14)3-4-10(11)12(16)15-6-5-8-1-2-8/h3-4,7-8H,1-2,5-6,14H2,(H,15,16). The Hall–Kier alpha value is -1.58. The Balaban J connectivity index is 1.91. The lowest BCUT2D eigenvalue weighted by Gasteiger charge is -2.05. The van der Waals surface area contributed by atoms with Crippen LogP contribution in [0.1, 0.15) is 29.6 Å². The lowest BCUT2D eigenvalue weighted by molar-refractivity contribution is 0.0948. The minimum atomic E-state index is -0.566. The number of halogens is 1. The molecule has 3 nitrogen and oxygen atoms in total. The van der Waals surface area contributed by atoms with Crippen molar-refractivity contribution in [3.05, 3.63) is 29.6 Å². The molecule has 86 valence electrons. The number of carbonyl (C=O) groups is 1. The van der Waals surface area contributed by atoms with Crippen molar-refractivity contribution < 1.29 is 9.18 Å². The average Bonchev–Trinajstić information content (AvgIpc) is 3.01. The maximum Gasteiger partial charge on any atom is 0.254 e. The van der Waals surface area contributed by atoms with E-state index in [0.717, 1.165) is 18.4 Å². The summed E-state index contributed by atoms with van der Waals surface area (Å²) in [5.41, 5.74) is 5.79. The van der Waals surface area contributed by atoms with Crippen LogP contribution in [0.4, 0.5) is 10.1 Å². The Morgan fingerprint density at radius 1 is 1.50 bits per heavy atom. The van der Waals surface area contributed by atoms with E-state index < -0.39 is 5.82 Å². The highest BCUT2D eigenvalue weighted by Crippen LogP contribution is 2.31. The first kappa shape index (κ1) is 10.9. The number of nitrogen functional groups attached to an aromatic ring is 1. The Kier molecular flexibility index (Phi) is 3.08. The van der Waals surface area contributed by atoms with Crippen LogP contribution in [0, 0.1) is 11.7 Å². The molecule has 0 bridgehead atoms. The summed E-state index contributed by atoms with van der Waals surface area (Å²) < 4.78 is 13.4. The van der Waals surface area contributed by atoms with Crippen LogP contribution in [0.3, 0.4) is 0 Å². The van der Waals surface area contributed by atoms with Crippen molar-refractivity contribution >= 4 is 11.6 Å². The highest BCUT2D eigenvalue weighted by Gasteiger charge is 2.21. The quantitative estimate of drug-likeness (QED) is 0.765. The molecular weight excluding hydrogens is 207 g/mol. The molecule has 2 rings (SSSR count). The number of anilines is 1. The van der Waals surface area contributed by atoms with Gasteiger partial charge >= 0.3 is 0 Å². The summed E-state index contributed by atoms with van der Waals surface area (Å²) in [6, 6.07) is 4.10. The zero-order valence-corrected chi connectivity index (χ0v) is 9.00. The lowest BCUT2D eigenvalue weighted by atomic mass is 10.1. The fraction of sp³-hybridized carbons (Fsp3) is 0.417. The number of hydrogen-bond acceptors (Lipinski definition) is 2. The molecule has 0 spiro atoms. The molecule has 16 heavy (non-hydrogen) atoms. The van der Waals surface area contributed by atoms with Gasteiger partial charge in [-0.2, -0.15) is 0 Å². The number of carbonyl (C=O) groups excluding carboxylic acids is 1. The van der Waals surface area contributed by atoms with Gasteiger partial charge in [-0.3, -0.25) is 4.79 Å². The van der Waals surface area contributed by atoms with Crippen LogP contribution in [-0.2, 0) is 0 Å². The van der Waals surface area contributed by atoms with Gasteiger partial charge in [0.15, 0.2) is 0 Å². The third-order valence-corrected chi connectivity index (χ3v) is 2.77. The largest absolute Gasteiger partial charge is 0.399 e. The molecule has 0 saturated heterocycles. The first-order valence-corrected chi connectivity index (χ1v) is 5.50. The second-order valence-electron chi connectivity index (χ2n) is 4.23. The summed E-state index contributed by atoms with van der Waals surface area (Å²) in [6.07, 6.45) is 3.50. The fourth-order valence-corrected chi connectivity index (χ4v) is 1.61. The number of amides is 1. The van der Waals surface area contributed by atoms with Crippen LogP contribution in [0.25, 0.3) is 0 Å². The van der Waals surface area contributed by atoms with Crippen molar-refractivity contribution in [3.63, 3.8) is 0 Å². The van der Waals surface area contributed by atoms with Gasteiger partial charge < -0.3 is 11.1 Å². The molecule has 1 amide bonds. The predicted molar refractivity (Wildman–Crippen MR) is 60.5 cm³/mol. The number of hydrogen-bond donors (Lipinski definition) is 2. The Bertz CT molecular complexity index is 402. The van der Waals surface area contributed by atoms with Gasteiger partial charge in [-0.15, -0.1) is 0 Å². The Morgan fingerprint density at radius 2 is 2.25 bits per heavy atom. The molecule has 0 atom stereocenters. The zero-order valence-electron chi connectivity index (χ0n) is 9.00. The summed E-state index contributed by atoms with van der Waals surface area (Å²) in [5.74, 6) is -0.168. The van der Waals surface area contributed by atoms with E-state index in [9.17, 15) is 9.18 Å². The van der Waals surface area contributed by atoms with E-state index in [1.54, 1.807) is 0 Å². The summed E-state index contributed by atoms with van der Waals surface area (Å²) in [4.78, 5) is 11.6. The van der Waals surface area contributed by atoms with E-state index in [0.29, 0.717) is 12.2 Å². The van der Waals surface area contributed by atoms with E-state index in [1.807, 2.05) is 0 Å². The maximum absolute atomic E-state index is 13.4. The summed E-state index contributed by atoms with van der Waals surface area (Å²) in [5, 5.41) is 2.71. The van der Waals surface area contributed by atoms with Crippen LogP contribution in [0.15, 0.2) is 18.2 Å². The molecule has 0 aliphatic heterocycles. The van der Waals surface area contributed by atoms with Gasteiger partial charge in [-0.25, -0.2) is 4.39 Å². The molecule has 1 saturated carbocycles. The SMILES string of the molecule is Nc1ccc(C(=O)NCCC2CC2)c(F)c1. The van der Waals surface area contributed by atoms with E-state index in [-0.39, 0.29) is 11.5 Å². The minimum absolute atomic E-state index is 0.0602. The smallest absolute Gasteiger partial charge is 0.254 e. The minimum Gasteiger partial charge on any atom is -0.399 e. The molecule has 1 aliphatic rings. The summed E-state index contributed by atoms with van der Waals surface area (Å²) >= 11 is 0. The topological polar surface area (TPSA) is 55.1 Å². The molecule has 1 fully saturated rings. The monoisotopic (exact) mass is 222 g/mol. The van der Waals surface area contributed by atoms with Gasteiger partial charge in [-0.1, -0.05) is 12.8 Å². The highest BCUT2D eigenvalue weighted by molar-refractivity contribution is 5.94. The van der Waals surface area contributed by atoms with E-state index in [1.165, 1.54) is 25.0 Å². The van der Waals surface area contributed by atoms with Crippen LogP contribution in [0.5, 0.6) is 0 Å². The molecule has 0 unspecified atom stereocenters. The lowest BCUT2D eigenvalue weighted by Crippen LogP contribution is -2.25. The number of nitrogens with two attached hydrogens (primary N) is 1. The van der Waals surface area contributed by atoms with Crippen molar-refractivity contribution in [2.75, 3.05) is 12.3 Å². The summed E-state index contributed by atoms with van der Waals surface area (Å²) in [6.45, 7) is 0.618. The Morgan fingerprint density at radius 3 is 2.88 bits per heavy atom. The van der Waals surface area contributed by atoms with Crippen molar-refractivity contribution in [1.29, 1.82) is 0 Å². The van der Waals surface area contributed by atoms with Crippen molar-refractivity contribution in [2.45, 2.75) is 19.3 Å². The zero-order chi connectivity index (χ0) is 11.5. The molecular formula is C12H15FN2O. The first-order chi connectivity index (χ1) is 7.66. The van der Waals surface area contributed by atoms with Gasteiger partial charge in [0.2, 0.25) is 0 Å². The van der Waals surface area contributed by atoms with Gasteiger partial charge in [0, 0.05) is 12.2 Å². The molecule has 1 aromatic carbocycles. The molecule has 0 heterocycles.